The van der Waals surface area contributed by atoms with Crippen molar-refractivity contribution in [2.45, 2.75) is 6.92 Å². The van der Waals surface area contributed by atoms with Crippen LogP contribution in [0, 0.1) is 13.7 Å². The zero-order chi connectivity index (χ0) is 19.0. The van der Waals surface area contributed by atoms with E-state index in [9.17, 15) is 20.0 Å². The number of nitro groups is 1. The van der Waals surface area contributed by atoms with Crippen LogP contribution in [0.25, 0.3) is 5.76 Å². The summed E-state index contributed by atoms with van der Waals surface area (Å²) >= 11 is 7.82. The number of carbonyl (C=O) groups is 1. The molecule has 1 rings (SSSR count). The minimum atomic E-state index is -0.882. The van der Waals surface area contributed by atoms with E-state index in [-0.39, 0.29) is 35.9 Å². The Morgan fingerprint density at radius 1 is 1.56 bits per heavy atom. The highest BCUT2D eigenvalue weighted by Crippen LogP contribution is 2.34. The number of aliphatic hydroxyl groups excluding tert-OH is 2. The molecule has 11 heteroatoms. The molecule has 0 saturated heterocycles. The van der Waals surface area contributed by atoms with Crippen molar-refractivity contribution < 1.29 is 24.7 Å². The van der Waals surface area contributed by atoms with E-state index in [4.69, 9.17) is 21.4 Å². The predicted octanol–water partition coefficient (Wildman–Crippen LogP) is 2.25. The van der Waals surface area contributed by atoms with E-state index in [1.807, 2.05) is 22.6 Å². The van der Waals surface area contributed by atoms with Gasteiger partial charge in [-0.1, -0.05) is 11.6 Å². The molecule has 0 fully saturated rings. The summed E-state index contributed by atoms with van der Waals surface area (Å²) < 4.78 is 5.29. The molecule has 0 spiro atoms. The molecule has 1 aromatic rings. The molecule has 9 nitrogen and oxygen atoms in total. The molecule has 0 aromatic heterocycles. The molecular weight excluding hydrogens is 469 g/mol. The fourth-order valence-corrected chi connectivity index (χ4v) is 2.54. The smallest absolute Gasteiger partial charge is 0.343 e. The minimum absolute atomic E-state index is 0.0493. The topological polar surface area (TPSA) is 134 Å². The van der Waals surface area contributed by atoms with E-state index in [1.165, 1.54) is 12.1 Å². The summed E-state index contributed by atoms with van der Waals surface area (Å²) in [5, 5.41) is 33.6. The number of nitro benzene ring substituents is 1. The molecule has 1 aromatic carbocycles. The number of ether oxygens (including phenoxy) is 1. The summed E-state index contributed by atoms with van der Waals surface area (Å²) in [4.78, 5) is 22.4. The number of halogens is 2. The summed E-state index contributed by atoms with van der Waals surface area (Å²) in [5.74, 6) is -1.49. The van der Waals surface area contributed by atoms with E-state index in [0.29, 0.717) is 3.57 Å². The van der Waals surface area contributed by atoms with Gasteiger partial charge in [-0.3, -0.25) is 10.1 Å². The van der Waals surface area contributed by atoms with Crippen LogP contribution in [-0.2, 0) is 9.53 Å². The molecule has 0 saturated carbocycles. The van der Waals surface area contributed by atoms with E-state index < -0.39 is 22.3 Å². The first-order valence-corrected chi connectivity index (χ1v) is 8.40. The van der Waals surface area contributed by atoms with Crippen LogP contribution in [-0.4, -0.2) is 47.1 Å². The summed E-state index contributed by atoms with van der Waals surface area (Å²) in [6, 6.07) is 2.63. The highest BCUT2D eigenvalue weighted by molar-refractivity contribution is 14.1. The second-order valence-corrected chi connectivity index (χ2v) is 6.04. The van der Waals surface area contributed by atoms with Crippen molar-refractivity contribution in [3.05, 3.63) is 42.0 Å². The van der Waals surface area contributed by atoms with Gasteiger partial charge in [0.1, 0.15) is 16.4 Å². The fourth-order valence-electron chi connectivity index (χ4n) is 1.67. The number of nitrogens with zero attached hydrogens (tertiary/aromatic N) is 2. The Morgan fingerprint density at radius 3 is 2.80 bits per heavy atom. The molecule has 0 aliphatic heterocycles. The zero-order valence-electron chi connectivity index (χ0n) is 13.0. The van der Waals surface area contributed by atoms with Crippen molar-refractivity contribution in [2.24, 2.45) is 5.10 Å². The van der Waals surface area contributed by atoms with Crippen molar-refractivity contribution in [3.8, 4) is 0 Å². The number of hydrogen-bond donors (Lipinski definition) is 3. The van der Waals surface area contributed by atoms with E-state index in [1.54, 1.807) is 6.92 Å². The Bertz CT molecular complexity index is 723. The lowest BCUT2D eigenvalue weighted by Gasteiger charge is -2.09. The lowest BCUT2D eigenvalue weighted by molar-refractivity contribution is -0.384. The van der Waals surface area contributed by atoms with Gasteiger partial charge in [-0.05, 0) is 35.6 Å². The van der Waals surface area contributed by atoms with Gasteiger partial charge < -0.3 is 20.4 Å². The SMILES string of the molecule is CCOC(=O)C(C=NNCCO)=C(O)c1cc(I)cc([N+](=O)[O-])c1Cl. The van der Waals surface area contributed by atoms with Crippen LogP contribution >= 0.6 is 34.2 Å². The molecule has 0 aliphatic rings. The molecule has 136 valence electrons. The summed E-state index contributed by atoms with van der Waals surface area (Å²) in [7, 11) is 0. The molecule has 0 amide bonds. The number of benzene rings is 1. The first-order chi connectivity index (χ1) is 11.8. The van der Waals surface area contributed by atoms with Crippen molar-refractivity contribution in [1.82, 2.24) is 5.43 Å². The van der Waals surface area contributed by atoms with Crippen molar-refractivity contribution in [1.29, 1.82) is 0 Å². The number of hydrazone groups is 1. The molecule has 0 atom stereocenters. The van der Waals surface area contributed by atoms with Crippen molar-refractivity contribution in [3.63, 3.8) is 0 Å². The summed E-state index contributed by atoms with van der Waals surface area (Å²) in [5.41, 5.74) is 1.60. The van der Waals surface area contributed by atoms with Crippen LogP contribution in [0.15, 0.2) is 22.8 Å². The predicted molar refractivity (Wildman–Crippen MR) is 101 cm³/mol. The molecule has 3 N–H and O–H groups in total. The van der Waals surface area contributed by atoms with Gasteiger partial charge in [0.2, 0.25) is 0 Å². The van der Waals surface area contributed by atoms with Gasteiger partial charge in [0, 0.05) is 15.2 Å². The Balaban J connectivity index is 3.47. The zero-order valence-corrected chi connectivity index (χ0v) is 15.9. The first-order valence-electron chi connectivity index (χ1n) is 6.94. The number of esters is 1. The lowest BCUT2D eigenvalue weighted by atomic mass is 10.1. The third-order valence-corrected chi connectivity index (χ3v) is 3.75. The van der Waals surface area contributed by atoms with Crippen LogP contribution in [0.4, 0.5) is 5.69 Å². The Hall–Kier alpha value is -1.92. The average molecular weight is 484 g/mol. The number of aliphatic hydroxyl groups is 2. The molecule has 0 bridgehead atoms. The van der Waals surface area contributed by atoms with Crippen LogP contribution in [0.2, 0.25) is 5.02 Å². The monoisotopic (exact) mass is 483 g/mol. The quantitative estimate of drug-likeness (QED) is 0.0754. The second kappa shape index (κ2) is 10.2. The second-order valence-electron chi connectivity index (χ2n) is 4.42. The van der Waals surface area contributed by atoms with Crippen LogP contribution in [0.3, 0.4) is 0 Å². The van der Waals surface area contributed by atoms with E-state index >= 15 is 0 Å². The van der Waals surface area contributed by atoms with Gasteiger partial charge in [0.05, 0.1) is 30.9 Å². The maximum absolute atomic E-state index is 12.0. The molecule has 0 unspecified atom stereocenters. The highest BCUT2D eigenvalue weighted by Gasteiger charge is 2.24. The molecule has 0 heterocycles. The molecule has 25 heavy (non-hydrogen) atoms. The highest BCUT2D eigenvalue weighted by atomic mass is 127. The standard InChI is InChI=1S/C14H15ClIN3O6/c1-2-25-14(22)10(7-18-17-3-4-20)13(21)9-5-8(16)6-11(12(9)15)19(23)24/h5-7,17,20-21H,2-4H2,1H3. The van der Waals surface area contributed by atoms with Crippen LogP contribution in [0.5, 0.6) is 0 Å². The maximum atomic E-state index is 12.0. The van der Waals surface area contributed by atoms with Gasteiger partial charge in [-0.2, -0.15) is 5.10 Å². The minimum Gasteiger partial charge on any atom is -0.506 e. The van der Waals surface area contributed by atoms with Crippen molar-refractivity contribution in [2.75, 3.05) is 19.8 Å². The molecule has 0 aliphatic carbocycles. The lowest BCUT2D eigenvalue weighted by Crippen LogP contribution is -2.15. The molecular formula is C14H15ClIN3O6. The third-order valence-electron chi connectivity index (χ3n) is 2.73. The number of nitrogens with one attached hydrogen (secondary N) is 1. The van der Waals surface area contributed by atoms with Crippen molar-refractivity contribution >= 4 is 57.8 Å². The summed E-state index contributed by atoms with van der Waals surface area (Å²) in [6.07, 6.45) is 0.991. The average Bonchev–Trinajstić information content (AvgIpc) is 2.56. The van der Waals surface area contributed by atoms with Crippen LogP contribution < -0.4 is 5.43 Å². The fraction of sp³-hybridized carbons (Fsp3) is 0.286. The third kappa shape index (κ3) is 5.83. The van der Waals surface area contributed by atoms with Gasteiger partial charge in [-0.15, -0.1) is 0 Å². The Labute approximate surface area is 161 Å². The number of carbonyl (C=O) groups excluding carboxylic acids is 1. The van der Waals surface area contributed by atoms with Gasteiger partial charge in [-0.25, -0.2) is 4.79 Å². The Kier molecular flexibility index (Phi) is 8.58. The molecule has 0 radical (unpaired) electrons. The van der Waals surface area contributed by atoms with E-state index in [2.05, 4.69) is 10.5 Å². The Morgan fingerprint density at radius 2 is 2.24 bits per heavy atom. The maximum Gasteiger partial charge on any atom is 0.343 e. The van der Waals surface area contributed by atoms with Gasteiger partial charge in [0.25, 0.3) is 5.69 Å². The largest absolute Gasteiger partial charge is 0.506 e. The van der Waals surface area contributed by atoms with E-state index in [0.717, 1.165) is 6.21 Å². The summed E-state index contributed by atoms with van der Waals surface area (Å²) in [6.45, 7) is 1.57. The number of rotatable bonds is 8. The first kappa shape index (κ1) is 21.1. The van der Waals surface area contributed by atoms with Gasteiger partial charge in [0.15, 0.2) is 0 Å². The number of hydrogen-bond acceptors (Lipinski definition) is 8. The van der Waals surface area contributed by atoms with Gasteiger partial charge >= 0.3 is 5.97 Å². The normalized spacial score (nSPS) is 12.0. The van der Waals surface area contributed by atoms with Crippen LogP contribution in [0.1, 0.15) is 12.5 Å².